The van der Waals surface area contributed by atoms with E-state index in [9.17, 15) is 14.4 Å². The van der Waals surface area contributed by atoms with Crippen molar-refractivity contribution in [3.63, 3.8) is 0 Å². The highest BCUT2D eigenvalue weighted by Gasteiger charge is 2.30. The highest BCUT2D eigenvalue weighted by molar-refractivity contribution is 5.89. The SMILES string of the molecule is C[C@@H](NC(=O)[C@@H](Cc1ccccc1)NC(=O)OCC1c2ccccc2-c2ccccc21)C(=O)O. The summed E-state index contributed by atoms with van der Waals surface area (Å²) in [5.41, 5.74) is 5.24. The molecule has 2 amide bonds. The number of ether oxygens (including phenoxy) is 1. The molecule has 1 aliphatic carbocycles. The molecular weight excluding hydrogens is 432 g/mol. The van der Waals surface area contributed by atoms with Crippen LogP contribution < -0.4 is 10.6 Å². The Kier molecular flexibility index (Phi) is 6.92. The first kappa shape index (κ1) is 23.0. The maximum absolute atomic E-state index is 12.7. The number of carboxylic acids is 1. The lowest BCUT2D eigenvalue weighted by Gasteiger charge is -2.21. The van der Waals surface area contributed by atoms with Crippen molar-refractivity contribution in [2.75, 3.05) is 6.61 Å². The van der Waals surface area contributed by atoms with Gasteiger partial charge in [-0.3, -0.25) is 9.59 Å². The van der Waals surface area contributed by atoms with Gasteiger partial charge < -0.3 is 20.5 Å². The standard InChI is InChI=1S/C27H26N2O5/c1-17(26(31)32)28-25(30)24(15-18-9-3-2-4-10-18)29-27(33)34-16-23-21-13-7-5-11-19(21)20-12-6-8-14-22(20)23/h2-14,17,23-24H,15-16H2,1H3,(H,28,30)(H,29,33)(H,31,32)/t17-,24-/m1/s1. The Hall–Kier alpha value is -4.13. The van der Waals surface area contributed by atoms with Gasteiger partial charge in [0.2, 0.25) is 5.91 Å². The van der Waals surface area contributed by atoms with Crippen LogP contribution in [0.2, 0.25) is 0 Å². The van der Waals surface area contributed by atoms with Crippen LogP contribution in [0, 0.1) is 0 Å². The number of alkyl carbamates (subject to hydrolysis) is 1. The van der Waals surface area contributed by atoms with E-state index in [1.165, 1.54) is 6.92 Å². The molecule has 0 saturated carbocycles. The fourth-order valence-corrected chi connectivity index (χ4v) is 4.22. The van der Waals surface area contributed by atoms with Crippen LogP contribution in [-0.4, -0.2) is 41.8 Å². The maximum atomic E-state index is 12.7. The van der Waals surface area contributed by atoms with Gasteiger partial charge in [-0.05, 0) is 34.7 Å². The Morgan fingerprint density at radius 2 is 1.41 bits per heavy atom. The second-order valence-electron chi connectivity index (χ2n) is 8.28. The van der Waals surface area contributed by atoms with E-state index >= 15 is 0 Å². The summed E-state index contributed by atoms with van der Waals surface area (Å²) >= 11 is 0. The third kappa shape index (κ3) is 5.09. The van der Waals surface area contributed by atoms with E-state index in [1.54, 1.807) is 0 Å². The zero-order valence-electron chi connectivity index (χ0n) is 18.7. The number of carbonyl (C=O) groups is 3. The molecule has 1 aliphatic rings. The minimum atomic E-state index is -1.16. The van der Waals surface area contributed by atoms with Gasteiger partial charge in [0.15, 0.2) is 0 Å². The third-order valence-corrected chi connectivity index (χ3v) is 5.96. The fraction of sp³-hybridized carbons (Fsp3) is 0.222. The average molecular weight is 459 g/mol. The Bertz CT molecular complexity index is 1150. The molecule has 3 aromatic carbocycles. The number of hydrogen-bond acceptors (Lipinski definition) is 4. The monoisotopic (exact) mass is 458 g/mol. The van der Waals surface area contributed by atoms with Gasteiger partial charge in [-0.25, -0.2) is 4.79 Å². The summed E-state index contributed by atoms with van der Waals surface area (Å²) in [4.78, 5) is 36.6. The van der Waals surface area contributed by atoms with E-state index < -0.39 is 30.1 Å². The molecule has 7 heteroatoms. The van der Waals surface area contributed by atoms with Gasteiger partial charge in [-0.1, -0.05) is 78.9 Å². The van der Waals surface area contributed by atoms with Crippen LogP contribution in [0.4, 0.5) is 4.79 Å². The van der Waals surface area contributed by atoms with Crippen molar-refractivity contribution in [2.45, 2.75) is 31.3 Å². The van der Waals surface area contributed by atoms with E-state index in [0.717, 1.165) is 27.8 Å². The summed E-state index contributed by atoms with van der Waals surface area (Å²) in [6.45, 7) is 1.48. The first-order chi connectivity index (χ1) is 16.4. The summed E-state index contributed by atoms with van der Waals surface area (Å²) in [5, 5.41) is 14.2. The normalized spacial score (nSPS) is 13.8. The van der Waals surface area contributed by atoms with Gasteiger partial charge in [-0.15, -0.1) is 0 Å². The second-order valence-corrected chi connectivity index (χ2v) is 8.28. The maximum Gasteiger partial charge on any atom is 0.407 e. The third-order valence-electron chi connectivity index (χ3n) is 5.96. The average Bonchev–Trinajstić information content (AvgIpc) is 3.16. The molecule has 7 nitrogen and oxygen atoms in total. The number of rotatable bonds is 8. The number of amides is 2. The number of fused-ring (bicyclic) bond motifs is 3. The molecular formula is C27H26N2O5. The molecule has 2 atom stereocenters. The van der Waals surface area contributed by atoms with Gasteiger partial charge in [0.1, 0.15) is 18.7 Å². The smallest absolute Gasteiger partial charge is 0.407 e. The molecule has 3 N–H and O–H groups in total. The van der Waals surface area contributed by atoms with Gasteiger partial charge in [0, 0.05) is 12.3 Å². The first-order valence-corrected chi connectivity index (χ1v) is 11.1. The molecule has 0 fully saturated rings. The summed E-state index contributed by atoms with van der Waals surface area (Å²) in [6, 6.07) is 23.2. The molecule has 34 heavy (non-hydrogen) atoms. The predicted molar refractivity (Wildman–Crippen MR) is 127 cm³/mol. The van der Waals surface area contributed by atoms with Crippen LogP contribution >= 0.6 is 0 Å². The number of carbonyl (C=O) groups excluding carboxylic acids is 2. The Morgan fingerprint density at radius 3 is 2.00 bits per heavy atom. The van der Waals surface area contributed by atoms with Crippen LogP contribution in [0.3, 0.4) is 0 Å². The molecule has 0 saturated heterocycles. The van der Waals surface area contributed by atoms with Gasteiger partial charge in [0.25, 0.3) is 0 Å². The van der Waals surface area contributed by atoms with Crippen molar-refractivity contribution in [1.29, 1.82) is 0 Å². The van der Waals surface area contributed by atoms with Crippen molar-refractivity contribution >= 4 is 18.0 Å². The quantitative estimate of drug-likeness (QED) is 0.477. The van der Waals surface area contributed by atoms with E-state index in [2.05, 4.69) is 22.8 Å². The van der Waals surface area contributed by atoms with Gasteiger partial charge in [-0.2, -0.15) is 0 Å². The summed E-state index contributed by atoms with van der Waals surface area (Å²) in [5.74, 6) is -1.85. The highest BCUT2D eigenvalue weighted by Crippen LogP contribution is 2.44. The molecule has 0 aromatic heterocycles. The van der Waals surface area contributed by atoms with E-state index in [4.69, 9.17) is 9.84 Å². The summed E-state index contributed by atoms with van der Waals surface area (Å²) in [7, 11) is 0. The number of hydrogen-bond donors (Lipinski definition) is 3. The van der Waals surface area contributed by atoms with Crippen molar-refractivity contribution < 1.29 is 24.2 Å². The van der Waals surface area contributed by atoms with Crippen LogP contribution in [0.5, 0.6) is 0 Å². The summed E-state index contributed by atoms with van der Waals surface area (Å²) < 4.78 is 5.56. The Balaban J connectivity index is 1.45. The van der Waals surface area contributed by atoms with E-state index in [0.29, 0.717) is 0 Å². The lowest BCUT2D eigenvalue weighted by molar-refractivity contribution is -0.141. The van der Waals surface area contributed by atoms with Crippen LogP contribution in [-0.2, 0) is 20.7 Å². The van der Waals surface area contributed by atoms with Crippen LogP contribution in [0.25, 0.3) is 11.1 Å². The minimum absolute atomic E-state index is 0.105. The molecule has 3 aromatic rings. The second kappa shape index (κ2) is 10.2. The fourth-order valence-electron chi connectivity index (χ4n) is 4.22. The zero-order chi connectivity index (χ0) is 24.1. The molecule has 0 bridgehead atoms. The van der Waals surface area contributed by atoms with Gasteiger partial charge in [0.05, 0.1) is 0 Å². The molecule has 0 radical (unpaired) electrons. The number of carboxylic acid groups (broad SMARTS) is 1. The highest BCUT2D eigenvalue weighted by atomic mass is 16.5. The van der Waals surface area contributed by atoms with Crippen molar-refractivity contribution in [1.82, 2.24) is 10.6 Å². The van der Waals surface area contributed by atoms with E-state index in [-0.39, 0.29) is 18.9 Å². The lowest BCUT2D eigenvalue weighted by atomic mass is 9.98. The molecule has 0 aliphatic heterocycles. The molecule has 4 rings (SSSR count). The number of benzene rings is 3. The van der Waals surface area contributed by atoms with E-state index in [1.807, 2.05) is 66.7 Å². The topological polar surface area (TPSA) is 105 Å². The van der Waals surface area contributed by atoms with Crippen molar-refractivity contribution in [2.24, 2.45) is 0 Å². The zero-order valence-corrected chi connectivity index (χ0v) is 18.7. The molecule has 0 spiro atoms. The van der Waals surface area contributed by atoms with Crippen LogP contribution in [0.1, 0.15) is 29.5 Å². The van der Waals surface area contributed by atoms with Gasteiger partial charge >= 0.3 is 12.1 Å². The van der Waals surface area contributed by atoms with Crippen LogP contribution in [0.15, 0.2) is 78.9 Å². The van der Waals surface area contributed by atoms with Crippen molar-refractivity contribution in [3.05, 3.63) is 95.6 Å². The summed E-state index contributed by atoms with van der Waals surface area (Å²) in [6.07, 6.45) is -0.538. The Morgan fingerprint density at radius 1 is 0.853 bits per heavy atom. The lowest BCUT2D eigenvalue weighted by Crippen LogP contribution is -2.51. The van der Waals surface area contributed by atoms with Crippen molar-refractivity contribution in [3.8, 4) is 11.1 Å². The largest absolute Gasteiger partial charge is 0.480 e. The minimum Gasteiger partial charge on any atom is -0.480 e. The number of aliphatic carboxylic acids is 1. The molecule has 0 unspecified atom stereocenters. The predicted octanol–water partition coefficient (Wildman–Crippen LogP) is 3.73. The number of nitrogens with one attached hydrogen (secondary N) is 2. The first-order valence-electron chi connectivity index (χ1n) is 11.1. The molecule has 0 heterocycles. The Labute approximate surface area is 197 Å². The molecule has 174 valence electrons.